The molecule has 0 atom stereocenters. The highest BCUT2D eigenvalue weighted by molar-refractivity contribution is 5.66. The van der Waals surface area contributed by atoms with E-state index in [2.05, 4.69) is 5.32 Å². The first-order chi connectivity index (χ1) is 8.68. The highest BCUT2D eigenvalue weighted by Gasteiger charge is 2.37. The summed E-state index contributed by atoms with van der Waals surface area (Å²) in [5.41, 5.74) is 0.652. The average Bonchev–Trinajstić information content (AvgIpc) is 2.38. The molecular formula is C12H16N2O4. The molecule has 6 heteroatoms. The monoisotopic (exact) mass is 252 g/mol. The van der Waals surface area contributed by atoms with Crippen molar-refractivity contribution in [2.24, 2.45) is 0 Å². The number of hydrogen-bond acceptors (Lipinski definition) is 6. The van der Waals surface area contributed by atoms with Gasteiger partial charge in [-0.3, -0.25) is 0 Å². The SMILES string of the molecule is OC1(O)CNCCN1c1cccc2c1OCCO2. The van der Waals surface area contributed by atoms with Gasteiger partial charge in [-0.15, -0.1) is 0 Å². The second-order valence-corrected chi connectivity index (χ2v) is 4.40. The number of hydrogen-bond donors (Lipinski definition) is 3. The third kappa shape index (κ3) is 1.88. The molecule has 6 nitrogen and oxygen atoms in total. The fraction of sp³-hybridized carbons (Fsp3) is 0.500. The summed E-state index contributed by atoms with van der Waals surface area (Å²) in [4.78, 5) is 1.52. The molecule has 2 heterocycles. The molecule has 0 radical (unpaired) electrons. The second kappa shape index (κ2) is 4.31. The van der Waals surface area contributed by atoms with E-state index in [9.17, 15) is 10.2 Å². The van der Waals surface area contributed by atoms with Crippen LogP contribution in [0.1, 0.15) is 0 Å². The van der Waals surface area contributed by atoms with Crippen LogP contribution in [-0.4, -0.2) is 49.0 Å². The molecule has 0 unspecified atom stereocenters. The maximum atomic E-state index is 10.0. The van der Waals surface area contributed by atoms with Crippen LogP contribution in [0.25, 0.3) is 0 Å². The highest BCUT2D eigenvalue weighted by atomic mass is 16.6. The van der Waals surface area contributed by atoms with Crippen LogP contribution in [0.5, 0.6) is 11.5 Å². The number of fused-ring (bicyclic) bond motifs is 1. The van der Waals surface area contributed by atoms with Gasteiger partial charge in [-0.25, -0.2) is 0 Å². The Bertz CT molecular complexity index is 450. The Hall–Kier alpha value is -1.50. The standard InChI is InChI=1S/C12H16N2O4/c15-12(16)8-13-4-5-14(12)9-2-1-3-10-11(9)18-7-6-17-10/h1-3,13,15-16H,4-8H2. The highest BCUT2D eigenvalue weighted by Crippen LogP contribution is 2.41. The lowest BCUT2D eigenvalue weighted by molar-refractivity contribution is -0.163. The molecule has 0 spiro atoms. The maximum Gasteiger partial charge on any atom is 0.260 e. The fourth-order valence-corrected chi connectivity index (χ4v) is 2.31. The van der Waals surface area contributed by atoms with Crippen molar-refractivity contribution in [2.45, 2.75) is 5.91 Å². The number of β-amino-alcohol motifs (C(OH)–C–C–N with tert-alkyl or cyclic N) is 2. The van der Waals surface area contributed by atoms with Gasteiger partial charge < -0.3 is 29.9 Å². The minimum atomic E-state index is -1.91. The van der Waals surface area contributed by atoms with Gasteiger partial charge in [0.05, 0.1) is 12.2 Å². The van der Waals surface area contributed by atoms with Gasteiger partial charge in [0.1, 0.15) is 13.2 Å². The first-order valence-corrected chi connectivity index (χ1v) is 6.00. The van der Waals surface area contributed by atoms with Crippen molar-refractivity contribution in [3.8, 4) is 11.5 Å². The zero-order valence-electron chi connectivity index (χ0n) is 9.93. The Morgan fingerprint density at radius 3 is 2.89 bits per heavy atom. The molecule has 0 amide bonds. The molecule has 1 fully saturated rings. The van der Waals surface area contributed by atoms with Crippen LogP contribution in [0.4, 0.5) is 5.69 Å². The third-order valence-electron chi connectivity index (χ3n) is 3.14. The number of aliphatic hydroxyl groups is 2. The minimum Gasteiger partial charge on any atom is -0.486 e. The molecule has 3 rings (SSSR count). The number of benzene rings is 1. The van der Waals surface area contributed by atoms with Crippen molar-refractivity contribution in [1.29, 1.82) is 0 Å². The lowest BCUT2D eigenvalue weighted by Crippen LogP contribution is -2.61. The van der Waals surface area contributed by atoms with E-state index >= 15 is 0 Å². The molecule has 0 bridgehead atoms. The van der Waals surface area contributed by atoms with Crippen molar-refractivity contribution in [1.82, 2.24) is 5.32 Å². The molecule has 3 N–H and O–H groups in total. The van der Waals surface area contributed by atoms with Gasteiger partial charge in [0, 0.05) is 13.1 Å². The summed E-state index contributed by atoms with van der Waals surface area (Å²) < 4.78 is 11.1. The zero-order chi connectivity index (χ0) is 12.6. The number of rotatable bonds is 1. The van der Waals surface area contributed by atoms with Crippen molar-refractivity contribution in [2.75, 3.05) is 37.7 Å². The normalized spacial score (nSPS) is 21.8. The van der Waals surface area contributed by atoms with Crippen molar-refractivity contribution in [3.63, 3.8) is 0 Å². The predicted octanol–water partition coefficient (Wildman–Crippen LogP) is -0.494. The van der Waals surface area contributed by atoms with Gasteiger partial charge in [-0.2, -0.15) is 0 Å². The van der Waals surface area contributed by atoms with Crippen LogP contribution in [-0.2, 0) is 0 Å². The Morgan fingerprint density at radius 2 is 2.06 bits per heavy atom. The lowest BCUT2D eigenvalue weighted by Gasteiger charge is -2.41. The smallest absolute Gasteiger partial charge is 0.260 e. The molecule has 98 valence electrons. The van der Waals surface area contributed by atoms with Crippen molar-refractivity contribution in [3.05, 3.63) is 18.2 Å². The zero-order valence-corrected chi connectivity index (χ0v) is 9.93. The van der Waals surface area contributed by atoms with E-state index in [1.807, 2.05) is 12.1 Å². The Labute approximate surface area is 105 Å². The summed E-state index contributed by atoms with van der Waals surface area (Å²) >= 11 is 0. The number of ether oxygens (including phenoxy) is 2. The summed E-state index contributed by atoms with van der Waals surface area (Å²) in [6.07, 6.45) is 0. The molecular weight excluding hydrogens is 236 g/mol. The van der Waals surface area contributed by atoms with Crippen LogP contribution < -0.4 is 19.7 Å². The Kier molecular flexibility index (Phi) is 2.77. The summed E-state index contributed by atoms with van der Waals surface area (Å²) in [5.74, 6) is -0.681. The van der Waals surface area contributed by atoms with Crippen molar-refractivity contribution >= 4 is 5.69 Å². The first kappa shape index (κ1) is 11.6. The number of nitrogens with one attached hydrogen (secondary N) is 1. The van der Waals surface area contributed by atoms with Gasteiger partial charge in [-0.05, 0) is 12.1 Å². The van der Waals surface area contributed by atoms with Gasteiger partial charge in [0.15, 0.2) is 11.5 Å². The molecule has 1 aromatic carbocycles. The molecule has 2 aliphatic heterocycles. The first-order valence-electron chi connectivity index (χ1n) is 6.00. The van der Waals surface area contributed by atoms with Crippen LogP contribution in [0.2, 0.25) is 0 Å². The maximum absolute atomic E-state index is 10.0. The number of nitrogens with zero attached hydrogens (tertiary/aromatic N) is 1. The molecule has 0 aromatic heterocycles. The summed E-state index contributed by atoms with van der Waals surface area (Å²) in [6, 6.07) is 5.44. The molecule has 1 saturated heterocycles. The van der Waals surface area contributed by atoms with Gasteiger partial charge in [0.2, 0.25) is 0 Å². The lowest BCUT2D eigenvalue weighted by atomic mass is 10.2. The average molecular weight is 252 g/mol. The van der Waals surface area contributed by atoms with Crippen LogP contribution in [0.15, 0.2) is 18.2 Å². The summed E-state index contributed by atoms with van der Waals surface area (Å²) in [5, 5.41) is 23.0. The minimum absolute atomic E-state index is 0.0948. The third-order valence-corrected chi connectivity index (χ3v) is 3.14. The van der Waals surface area contributed by atoms with E-state index in [4.69, 9.17) is 9.47 Å². The number of anilines is 1. The summed E-state index contributed by atoms with van der Waals surface area (Å²) in [6.45, 7) is 2.26. The number of piperazine rings is 1. The Morgan fingerprint density at radius 1 is 1.22 bits per heavy atom. The van der Waals surface area contributed by atoms with E-state index < -0.39 is 5.91 Å². The van der Waals surface area contributed by atoms with E-state index in [0.717, 1.165) is 0 Å². The topological polar surface area (TPSA) is 74.2 Å². The van der Waals surface area contributed by atoms with Crippen LogP contribution >= 0.6 is 0 Å². The number of para-hydroxylation sites is 1. The fourth-order valence-electron chi connectivity index (χ4n) is 2.31. The van der Waals surface area contributed by atoms with E-state index in [1.165, 1.54) is 4.90 Å². The second-order valence-electron chi connectivity index (χ2n) is 4.40. The van der Waals surface area contributed by atoms with Gasteiger partial charge in [-0.1, -0.05) is 6.07 Å². The largest absolute Gasteiger partial charge is 0.486 e. The van der Waals surface area contributed by atoms with Gasteiger partial charge >= 0.3 is 0 Å². The molecule has 0 aliphatic carbocycles. The Balaban J connectivity index is 2.00. The molecule has 18 heavy (non-hydrogen) atoms. The van der Waals surface area contributed by atoms with Crippen LogP contribution in [0.3, 0.4) is 0 Å². The molecule has 1 aromatic rings. The molecule has 0 saturated carbocycles. The van der Waals surface area contributed by atoms with E-state index in [0.29, 0.717) is 43.5 Å². The van der Waals surface area contributed by atoms with E-state index in [1.54, 1.807) is 6.07 Å². The van der Waals surface area contributed by atoms with Crippen LogP contribution in [0, 0.1) is 0 Å². The van der Waals surface area contributed by atoms with E-state index in [-0.39, 0.29) is 6.54 Å². The quantitative estimate of drug-likeness (QED) is 0.585. The summed E-state index contributed by atoms with van der Waals surface area (Å²) in [7, 11) is 0. The van der Waals surface area contributed by atoms with Gasteiger partial charge in [0.25, 0.3) is 5.91 Å². The predicted molar refractivity (Wildman–Crippen MR) is 64.8 cm³/mol. The molecule has 2 aliphatic rings. The van der Waals surface area contributed by atoms with Crippen molar-refractivity contribution < 1.29 is 19.7 Å².